The third kappa shape index (κ3) is 2.39. The molecule has 0 aliphatic heterocycles. The van der Waals surface area contributed by atoms with Crippen LogP contribution in [-0.4, -0.2) is 19.3 Å². The van der Waals surface area contributed by atoms with Crippen LogP contribution < -0.4 is 9.47 Å². The molecule has 96 valence electrons. The maximum absolute atomic E-state index is 10.5. The van der Waals surface area contributed by atoms with Gasteiger partial charge in [-0.1, -0.05) is 6.07 Å². The molecule has 5 heteroatoms. The molecule has 1 aromatic heterocycles. The minimum Gasteiger partial charge on any atom is -0.496 e. The fraction of sp³-hybridized carbons (Fsp3) is 0.231. The van der Waals surface area contributed by atoms with Crippen molar-refractivity contribution in [3.05, 3.63) is 44.6 Å². The molecular weight excluding hydrogens is 316 g/mol. The van der Waals surface area contributed by atoms with Gasteiger partial charge in [-0.2, -0.15) is 11.3 Å². The van der Waals surface area contributed by atoms with Crippen molar-refractivity contribution in [1.29, 1.82) is 0 Å². The first-order chi connectivity index (χ1) is 8.69. The lowest BCUT2D eigenvalue weighted by Crippen LogP contribution is -2.04. The van der Waals surface area contributed by atoms with Crippen LogP contribution in [0, 0.1) is 0 Å². The van der Waals surface area contributed by atoms with Crippen LogP contribution >= 0.6 is 27.3 Å². The number of halogens is 1. The van der Waals surface area contributed by atoms with Crippen molar-refractivity contribution in [2.75, 3.05) is 14.2 Å². The van der Waals surface area contributed by atoms with Crippen LogP contribution in [-0.2, 0) is 0 Å². The molecule has 0 spiro atoms. The van der Waals surface area contributed by atoms with Gasteiger partial charge in [0.05, 0.1) is 19.8 Å². The van der Waals surface area contributed by atoms with Gasteiger partial charge in [-0.3, -0.25) is 0 Å². The highest BCUT2D eigenvalue weighted by molar-refractivity contribution is 9.10. The van der Waals surface area contributed by atoms with Gasteiger partial charge >= 0.3 is 0 Å². The smallest absolute Gasteiger partial charge is 0.128 e. The fourth-order valence-corrected chi connectivity index (χ4v) is 3.32. The molecule has 2 aromatic rings. The zero-order valence-corrected chi connectivity index (χ0v) is 12.4. The van der Waals surface area contributed by atoms with Crippen molar-refractivity contribution < 1.29 is 14.6 Å². The van der Waals surface area contributed by atoms with Crippen LogP contribution in [0.5, 0.6) is 11.5 Å². The first kappa shape index (κ1) is 13.4. The van der Waals surface area contributed by atoms with E-state index in [1.54, 1.807) is 26.4 Å². The number of rotatable bonds is 4. The van der Waals surface area contributed by atoms with E-state index in [0.717, 1.165) is 10.0 Å². The van der Waals surface area contributed by atoms with Crippen molar-refractivity contribution >= 4 is 27.3 Å². The molecule has 18 heavy (non-hydrogen) atoms. The molecule has 3 nitrogen and oxygen atoms in total. The maximum atomic E-state index is 10.5. The van der Waals surface area contributed by atoms with Gasteiger partial charge in [-0.05, 0) is 33.4 Å². The van der Waals surface area contributed by atoms with Crippen molar-refractivity contribution in [1.82, 2.24) is 0 Å². The second-order valence-electron chi connectivity index (χ2n) is 3.65. The Balaban J connectivity index is 2.52. The minimum absolute atomic E-state index is 0.611. The number of ether oxygens (including phenoxy) is 2. The van der Waals surface area contributed by atoms with E-state index >= 15 is 0 Å². The van der Waals surface area contributed by atoms with Crippen LogP contribution in [0.2, 0.25) is 0 Å². The lowest BCUT2D eigenvalue weighted by Gasteiger charge is -2.17. The van der Waals surface area contributed by atoms with Crippen molar-refractivity contribution in [2.45, 2.75) is 6.10 Å². The van der Waals surface area contributed by atoms with E-state index in [4.69, 9.17) is 9.47 Å². The molecule has 0 fully saturated rings. The van der Waals surface area contributed by atoms with E-state index in [0.29, 0.717) is 17.1 Å². The summed E-state index contributed by atoms with van der Waals surface area (Å²) in [5.74, 6) is 1.22. The van der Waals surface area contributed by atoms with Crippen molar-refractivity contribution in [3.63, 3.8) is 0 Å². The van der Waals surface area contributed by atoms with E-state index in [9.17, 15) is 5.11 Å². The molecule has 1 heterocycles. The van der Waals surface area contributed by atoms with E-state index in [-0.39, 0.29) is 0 Å². The van der Waals surface area contributed by atoms with Gasteiger partial charge in [0.2, 0.25) is 0 Å². The third-order valence-electron chi connectivity index (χ3n) is 2.68. The third-order valence-corrected chi connectivity index (χ3v) is 4.43. The van der Waals surface area contributed by atoms with Gasteiger partial charge in [-0.15, -0.1) is 0 Å². The molecule has 0 saturated carbocycles. The molecule has 1 aromatic carbocycles. The standard InChI is InChI=1S/C13H13BrO3S/c1-16-10-4-3-5-11(17-2)12(10)13(15)8-6-18-7-9(8)14/h3-7,13,15H,1-2H3. The summed E-state index contributed by atoms with van der Waals surface area (Å²) in [5.41, 5.74) is 1.45. The summed E-state index contributed by atoms with van der Waals surface area (Å²) < 4.78 is 11.5. The molecule has 0 aliphatic carbocycles. The topological polar surface area (TPSA) is 38.7 Å². The lowest BCUT2D eigenvalue weighted by atomic mass is 10.0. The highest BCUT2D eigenvalue weighted by Crippen LogP contribution is 2.40. The molecule has 0 amide bonds. The van der Waals surface area contributed by atoms with Crippen LogP contribution in [0.1, 0.15) is 17.2 Å². The Kier molecular flexibility index (Phi) is 4.27. The average molecular weight is 329 g/mol. The van der Waals surface area contributed by atoms with Crippen LogP contribution in [0.3, 0.4) is 0 Å². The summed E-state index contributed by atoms with van der Waals surface area (Å²) in [4.78, 5) is 0. The fourth-order valence-electron chi connectivity index (χ4n) is 1.79. The van der Waals surface area contributed by atoms with E-state index in [1.165, 1.54) is 11.3 Å². The molecule has 1 N–H and O–H groups in total. The van der Waals surface area contributed by atoms with Gasteiger partial charge < -0.3 is 14.6 Å². The molecule has 1 atom stereocenters. The molecule has 1 unspecified atom stereocenters. The van der Waals surface area contributed by atoms with Crippen LogP contribution in [0.15, 0.2) is 33.4 Å². The quantitative estimate of drug-likeness (QED) is 0.931. The second kappa shape index (κ2) is 5.73. The zero-order valence-electron chi connectivity index (χ0n) is 10.0. The summed E-state index contributed by atoms with van der Waals surface area (Å²) in [7, 11) is 3.15. The number of thiophene rings is 1. The van der Waals surface area contributed by atoms with E-state index < -0.39 is 6.10 Å². The first-order valence-corrected chi connectivity index (χ1v) is 7.03. The van der Waals surface area contributed by atoms with Gasteiger partial charge in [-0.25, -0.2) is 0 Å². The summed E-state index contributed by atoms with van der Waals surface area (Å²) in [6.45, 7) is 0. The van der Waals surface area contributed by atoms with Gasteiger partial charge in [0, 0.05) is 15.4 Å². The van der Waals surface area contributed by atoms with Crippen LogP contribution in [0.4, 0.5) is 0 Å². The Morgan fingerprint density at radius 3 is 2.22 bits per heavy atom. The molecule has 0 bridgehead atoms. The minimum atomic E-state index is -0.781. The Morgan fingerprint density at radius 1 is 1.17 bits per heavy atom. The van der Waals surface area contributed by atoms with Crippen molar-refractivity contribution in [3.8, 4) is 11.5 Å². The number of aliphatic hydroxyl groups is 1. The number of hydrogen-bond acceptors (Lipinski definition) is 4. The van der Waals surface area contributed by atoms with Gasteiger partial charge in [0.1, 0.15) is 17.6 Å². The van der Waals surface area contributed by atoms with E-state index in [2.05, 4.69) is 15.9 Å². The SMILES string of the molecule is COc1cccc(OC)c1C(O)c1cscc1Br. The second-order valence-corrected chi connectivity index (χ2v) is 5.25. The van der Waals surface area contributed by atoms with Gasteiger partial charge in [0.15, 0.2) is 0 Å². The highest BCUT2D eigenvalue weighted by Gasteiger charge is 2.22. The first-order valence-electron chi connectivity index (χ1n) is 5.29. The summed E-state index contributed by atoms with van der Waals surface area (Å²) in [6.07, 6.45) is -0.781. The Bertz CT molecular complexity index is 517. The lowest BCUT2D eigenvalue weighted by molar-refractivity contribution is 0.208. The molecular formula is C13H13BrO3S. The average Bonchev–Trinajstić information content (AvgIpc) is 2.83. The summed E-state index contributed by atoms with van der Waals surface area (Å²) >= 11 is 4.95. The van der Waals surface area contributed by atoms with Crippen molar-refractivity contribution in [2.24, 2.45) is 0 Å². The normalized spacial score (nSPS) is 12.2. The summed E-state index contributed by atoms with van der Waals surface area (Å²) in [6, 6.07) is 5.44. The summed E-state index contributed by atoms with van der Waals surface area (Å²) in [5, 5.41) is 14.3. The highest BCUT2D eigenvalue weighted by atomic mass is 79.9. The predicted molar refractivity (Wildman–Crippen MR) is 75.6 cm³/mol. The number of aliphatic hydroxyl groups excluding tert-OH is 1. The largest absolute Gasteiger partial charge is 0.496 e. The number of hydrogen-bond donors (Lipinski definition) is 1. The molecule has 0 aliphatic rings. The monoisotopic (exact) mass is 328 g/mol. The van der Waals surface area contributed by atoms with E-state index in [1.807, 2.05) is 16.8 Å². The Morgan fingerprint density at radius 2 is 1.78 bits per heavy atom. The number of benzene rings is 1. The number of methoxy groups -OCH3 is 2. The predicted octanol–water partition coefficient (Wildman–Crippen LogP) is 3.61. The zero-order chi connectivity index (χ0) is 13.1. The van der Waals surface area contributed by atoms with Gasteiger partial charge in [0.25, 0.3) is 0 Å². The molecule has 0 saturated heterocycles. The maximum Gasteiger partial charge on any atom is 0.128 e. The Labute approximate surface area is 118 Å². The van der Waals surface area contributed by atoms with Crippen LogP contribution in [0.25, 0.3) is 0 Å². The Hall–Kier alpha value is -1.04. The molecule has 2 rings (SSSR count). The molecule has 0 radical (unpaired) electrons.